The molecule has 0 atom stereocenters. The van der Waals surface area contributed by atoms with E-state index in [2.05, 4.69) is 35.6 Å². The van der Waals surface area contributed by atoms with Gasteiger partial charge in [-0.25, -0.2) is 14.6 Å². The lowest BCUT2D eigenvalue weighted by atomic mass is 10.3. The van der Waals surface area contributed by atoms with Gasteiger partial charge in [-0.1, -0.05) is 0 Å². The van der Waals surface area contributed by atoms with Crippen molar-refractivity contribution in [3.63, 3.8) is 0 Å². The average Bonchev–Trinajstić information content (AvgIpc) is 3.08. The summed E-state index contributed by atoms with van der Waals surface area (Å²) in [4.78, 5) is 16.6. The molecule has 0 saturated heterocycles. The molecule has 0 fully saturated rings. The minimum absolute atomic E-state index is 0.584. The third-order valence-electron chi connectivity index (χ3n) is 3.35. The standard InChI is InChI=1S/C16H12N8/c1-2-13(9-18-5-1)24-16-14(10-22-24)15(19-11-20-16)23-21-8-12-3-6-17-7-4-12/h1-11H,(H,19,20,23)/b21-8+. The van der Waals surface area contributed by atoms with Crippen LogP contribution in [0.3, 0.4) is 0 Å². The van der Waals surface area contributed by atoms with Gasteiger partial charge in [-0.3, -0.25) is 15.4 Å². The van der Waals surface area contributed by atoms with E-state index in [1.807, 2.05) is 24.3 Å². The number of rotatable bonds is 4. The highest BCUT2D eigenvalue weighted by molar-refractivity contribution is 5.88. The van der Waals surface area contributed by atoms with Gasteiger partial charge in [-0.15, -0.1) is 0 Å². The highest BCUT2D eigenvalue weighted by Crippen LogP contribution is 2.21. The van der Waals surface area contributed by atoms with Crippen LogP contribution in [0, 0.1) is 0 Å². The maximum absolute atomic E-state index is 4.37. The lowest BCUT2D eigenvalue weighted by Gasteiger charge is -2.03. The summed E-state index contributed by atoms with van der Waals surface area (Å²) in [6.45, 7) is 0. The van der Waals surface area contributed by atoms with Crippen molar-refractivity contribution in [2.45, 2.75) is 0 Å². The molecular formula is C16H12N8. The van der Waals surface area contributed by atoms with E-state index >= 15 is 0 Å². The molecule has 0 aliphatic rings. The third-order valence-corrected chi connectivity index (χ3v) is 3.35. The van der Waals surface area contributed by atoms with Crippen LogP contribution in [0.2, 0.25) is 0 Å². The zero-order valence-electron chi connectivity index (χ0n) is 12.5. The minimum Gasteiger partial charge on any atom is -0.265 e. The van der Waals surface area contributed by atoms with E-state index in [0.29, 0.717) is 11.5 Å². The molecule has 0 radical (unpaired) electrons. The van der Waals surface area contributed by atoms with Crippen LogP contribution < -0.4 is 5.43 Å². The number of hydrogen-bond acceptors (Lipinski definition) is 7. The van der Waals surface area contributed by atoms with E-state index in [-0.39, 0.29) is 0 Å². The number of anilines is 1. The van der Waals surface area contributed by atoms with Gasteiger partial charge >= 0.3 is 0 Å². The number of hydrogen-bond donors (Lipinski definition) is 1. The molecule has 0 saturated carbocycles. The van der Waals surface area contributed by atoms with Gasteiger partial charge in [-0.2, -0.15) is 10.2 Å². The molecule has 4 rings (SSSR count). The van der Waals surface area contributed by atoms with E-state index < -0.39 is 0 Å². The van der Waals surface area contributed by atoms with Crippen molar-refractivity contribution >= 4 is 23.1 Å². The zero-order chi connectivity index (χ0) is 16.2. The Bertz CT molecular complexity index is 979. The highest BCUT2D eigenvalue weighted by Gasteiger charge is 2.10. The second kappa shape index (κ2) is 6.21. The Labute approximate surface area is 136 Å². The molecule has 116 valence electrons. The van der Waals surface area contributed by atoms with Gasteiger partial charge in [0.2, 0.25) is 0 Å². The molecule has 1 N–H and O–H groups in total. The van der Waals surface area contributed by atoms with E-state index in [1.54, 1.807) is 41.9 Å². The molecule has 0 spiro atoms. The summed E-state index contributed by atoms with van der Waals surface area (Å²) in [5.74, 6) is 0.584. The fraction of sp³-hybridized carbons (Fsp3) is 0. The molecule has 8 nitrogen and oxygen atoms in total. The van der Waals surface area contributed by atoms with Gasteiger partial charge in [-0.05, 0) is 29.8 Å². The zero-order valence-corrected chi connectivity index (χ0v) is 12.5. The predicted octanol–water partition coefficient (Wildman–Crippen LogP) is 2.05. The van der Waals surface area contributed by atoms with E-state index in [9.17, 15) is 0 Å². The van der Waals surface area contributed by atoms with Gasteiger partial charge in [0, 0.05) is 18.6 Å². The first-order valence-corrected chi connectivity index (χ1v) is 7.20. The van der Waals surface area contributed by atoms with Gasteiger partial charge in [0.1, 0.15) is 6.33 Å². The number of hydrazone groups is 1. The maximum atomic E-state index is 4.37. The Hall–Kier alpha value is -3.68. The predicted molar refractivity (Wildman–Crippen MR) is 89.9 cm³/mol. The molecule has 4 heterocycles. The number of aromatic nitrogens is 6. The normalized spacial score (nSPS) is 11.2. The Kier molecular flexibility index (Phi) is 3.61. The summed E-state index contributed by atoms with van der Waals surface area (Å²) in [5.41, 5.74) is 5.38. The lowest BCUT2D eigenvalue weighted by Crippen LogP contribution is -1.99. The molecule has 0 aliphatic heterocycles. The molecule has 0 bridgehead atoms. The van der Waals surface area contributed by atoms with Crippen LogP contribution in [0.25, 0.3) is 16.7 Å². The quantitative estimate of drug-likeness (QED) is 0.457. The molecule has 0 aromatic carbocycles. The largest absolute Gasteiger partial charge is 0.265 e. The fourth-order valence-electron chi connectivity index (χ4n) is 2.22. The van der Waals surface area contributed by atoms with Crippen LogP contribution in [-0.4, -0.2) is 35.9 Å². The SMILES string of the molecule is C(=N\Nc1ncnc2c1cnn2-c1cccnc1)/c1ccncc1. The van der Waals surface area contributed by atoms with Crippen molar-refractivity contribution in [3.05, 3.63) is 67.1 Å². The van der Waals surface area contributed by atoms with Gasteiger partial charge < -0.3 is 0 Å². The summed E-state index contributed by atoms with van der Waals surface area (Å²) < 4.78 is 1.71. The average molecular weight is 316 g/mol. The highest BCUT2D eigenvalue weighted by atomic mass is 15.3. The number of pyridine rings is 2. The van der Waals surface area contributed by atoms with Crippen molar-refractivity contribution in [2.24, 2.45) is 5.10 Å². The first-order valence-electron chi connectivity index (χ1n) is 7.20. The maximum Gasteiger partial charge on any atom is 0.168 e. The first-order chi connectivity index (χ1) is 11.9. The van der Waals surface area contributed by atoms with Crippen LogP contribution in [-0.2, 0) is 0 Å². The van der Waals surface area contributed by atoms with Crippen LogP contribution in [0.5, 0.6) is 0 Å². The first kappa shape index (κ1) is 13.9. The Morgan fingerprint density at radius 1 is 1.00 bits per heavy atom. The van der Waals surface area contributed by atoms with E-state index in [4.69, 9.17) is 0 Å². The molecule has 24 heavy (non-hydrogen) atoms. The smallest absolute Gasteiger partial charge is 0.168 e. The summed E-state index contributed by atoms with van der Waals surface area (Å²) in [6, 6.07) is 7.49. The molecule has 0 amide bonds. The van der Waals surface area contributed by atoms with Gasteiger partial charge in [0.15, 0.2) is 11.5 Å². The van der Waals surface area contributed by atoms with Crippen molar-refractivity contribution in [2.75, 3.05) is 5.43 Å². The van der Waals surface area contributed by atoms with Crippen LogP contribution >= 0.6 is 0 Å². The molecule has 8 heteroatoms. The van der Waals surface area contributed by atoms with Crippen LogP contribution in [0.1, 0.15) is 5.56 Å². The number of fused-ring (bicyclic) bond motifs is 1. The number of nitrogens with one attached hydrogen (secondary N) is 1. The summed E-state index contributed by atoms with van der Waals surface area (Å²) >= 11 is 0. The molecule has 0 unspecified atom stereocenters. The van der Waals surface area contributed by atoms with Crippen molar-refractivity contribution in [1.82, 2.24) is 29.7 Å². The summed E-state index contributed by atoms with van der Waals surface area (Å²) in [5, 5.41) is 9.34. The Morgan fingerprint density at radius 3 is 2.75 bits per heavy atom. The van der Waals surface area contributed by atoms with Crippen molar-refractivity contribution in [3.8, 4) is 5.69 Å². The number of nitrogens with zero attached hydrogens (tertiary/aromatic N) is 7. The minimum atomic E-state index is 0.584. The topological polar surface area (TPSA) is 93.8 Å². The van der Waals surface area contributed by atoms with Gasteiger partial charge in [0.25, 0.3) is 0 Å². The van der Waals surface area contributed by atoms with Crippen LogP contribution in [0.4, 0.5) is 5.82 Å². The molecule has 4 aromatic rings. The second-order valence-corrected chi connectivity index (χ2v) is 4.88. The van der Waals surface area contributed by atoms with E-state index in [1.165, 1.54) is 6.33 Å². The van der Waals surface area contributed by atoms with Crippen molar-refractivity contribution < 1.29 is 0 Å². The Morgan fingerprint density at radius 2 is 1.92 bits per heavy atom. The fourth-order valence-corrected chi connectivity index (χ4v) is 2.22. The second-order valence-electron chi connectivity index (χ2n) is 4.88. The van der Waals surface area contributed by atoms with Gasteiger partial charge in [0.05, 0.1) is 29.7 Å². The molecule has 4 aromatic heterocycles. The summed E-state index contributed by atoms with van der Waals surface area (Å²) in [6.07, 6.45) is 11.7. The monoisotopic (exact) mass is 316 g/mol. The molecular weight excluding hydrogens is 304 g/mol. The molecule has 0 aliphatic carbocycles. The Balaban J connectivity index is 1.65. The van der Waals surface area contributed by atoms with Crippen molar-refractivity contribution in [1.29, 1.82) is 0 Å². The van der Waals surface area contributed by atoms with E-state index in [0.717, 1.165) is 16.6 Å². The van der Waals surface area contributed by atoms with Crippen LogP contribution in [0.15, 0.2) is 66.7 Å². The summed E-state index contributed by atoms with van der Waals surface area (Å²) in [7, 11) is 0. The third kappa shape index (κ3) is 2.68. The lowest BCUT2D eigenvalue weighted by molar-refractivity contribution is 0.888.